The molecular weight excluding hydrogens is 452 g/mol. The average Bonchev–Trinajstić information content (AvgIpc) is 2.78. The zero-order valence-corrected chi connectivity index (χ0v) is 19.6. The maximum atomic E-state index is 14.1. The molecule has 3 aromatic rings. The summed E-state index contributed by atoms with van der Waals surface area (Å²) in [5.74, 6) is 1.33. The summed E-state index contributed by atoms with van der Waals surface area (Å²) in [7, 11) is 1.67. The Bertz CT molecular complexity index is 1030. The van der Waals surface area contributed by atoms with Gasteiger partial charge in [-0.05, 0) is 61.3 Å². The molecule has 0 aliphatic carbocycles. The van der Waals surface area contributed by atoms with E-state index >= 15 is 0 Å². The summed E-state index contributed by atoms with van der Waals surface area (Å²) < 4.78 is 31.0. The van der Waals surface area contributed by atoms with Gasteiger partial charge in [-0.25, -0.2) is 4.39 Å². The summed E-state index contributed by atoms with van der Waals surface area (Å²) in [6.07, 6.45) is 0.834. The summed E-state index contributed by atoms with van der Waals surface area (Å²) in [6, 6.07) is 16.2. The number of para-hydroxylation sites is 1. The number of methoxy groups -OCH3 is 1. The topological polar surface area (TPSA) is 39.7 Å². The van der Waals surface area contributed by atoms with Crippen LogP contribution in [0.1, 0.15) is 23.6 Å². The van der Waals surface area contributed by atoms with Gasteiger partial charge in [-0.2, -0.15) is 0 Å². The molecule has 0 heterocycles. The molecule has 3 aromatic carbocycles. The van der Waals surface area contributed by atoms with Gasteiger partial charge < -0.3 is 19.5 Å². The van der Waals surface area contributed by atoms with E-state index in [9.17, 15) is 4.39 Å². The van der Waals surface area contributed by atoms with Gasteiger partial charge in [0, 0.05) is 12.1 Å². The lowest BCUT2D eigenvalue weighted by atomic mass is 10.1. The Hall–Kier alpha value is -2.47. The molecule has 0 amide bonds. The van der Waals surface area contributed by atoms with E-state index in [-0.39, 0.29) is 12.2 Å². The molecule has 170 valence electrons. The third-order valence-corrected chi connectivity index (χ3v) is 5.52. The van der Waals surface area contributed by atoms with Crippen LogP contribution in [0.4, 0.5) is 4.39 Å². The number of benzene rings is 3. The number of rotatable bonds is 11. The highest BCUT2D eigenvalue weighted by Crippen LogP contribution is 2.37. The molecule has 0 saturated heterocycles. The van der Waals surface area contributed by atoms with Crippen molar-refractivity contribution >= 4 is 23.2 Å². The van der Waals surface area contributed by atoms with Gasteiger partial charge in [0.25, 0.3) is 0 Å². The number of nitrogens with one attached hydrogen (secondary N) is 1. The molecule has 0 bridgehead atoms. The van der Waals surface area contributed by atoms with Crippen LogP contribution in [0.15, 0.2) is 54.6 Å². The van der Waals surface area contributed by atoms with Crippen LogP contribution in [0, 0.1) is 5.82 Å². The fourth-order valence-electron chi connectivity index (χ4n) is 3.31. The van der Waals surface area contributed by atoms with E-state index in [4.69, 9.17) is 37.4 Å². The second-order valence-electron chi connectivity index (χ2n) is 7.07. The first-order valence-corrected chi connectivity index (χ1v) is 11.1. The second-order valence-corrected chi connectivity index (χ2v) is 7.88. The van der Waals surface area contributed by atoms with Crippen LogP contribution in [0.3, 0.4) is 0 Å². The number of hydrogen-bond donors (Lipinski definition) is 1. The van der Waals surface area contributed by atoms with Crippen molar-refractivity contribution in [2.24, 2.45) is 0 Å². The van der Waals surface area contributed by atoms with Crippen molar-refractivity contribution < 1.29 is 18.6 Å². The summed E-state index contributed by atoms with van der Waals surface area (Å²) in [5, 5.41) is 4.11. The van der Waals surface area contributed by atoms with Crippen LogP contribution in [0.5, 0.6) is 17.2 Å². The normalized spacial score (nSPS) is 10.8. The lowest BCUT2D eigenvalue weighted by Crippen LogP contribution is -2.17. The van der Waals surface area contributed by atoms with Crippen molar-refractivity contribution in [2.45, 2.75) is 26.5 Å². The highest BCUT2D eigenvalue weighted by Gasteiger charge is 2.15. The molecule has 0 saturated carbocycles. The van der Waals surface area contributed by atoms with E-state index in [0.717, 1.165) is 29.8 Å². The fourth-order valence-corrected chi connectivity index (χ4v) is 3.81. The van der Waals surface area contributed by atoms with Crippen molar-refractivity contribution in [3.63, 3.8) is 0 Å². The molecule has 7 heteroatoms. The van der Waals surface area contributed by atoms with Crippen LogP contribution in [0.2, 0.25) is 10.0 Å². The van der Waals surface area contributed by atoms with Gasteiger partial charge in [0.1, 0.15) is 18.2 Å². The van der Waals surface area contributed by atoms with E-state index in [1.54, 1.807) is 19.2 Å². The van der Waals surface area contributed by atoms with Crippen molar-refractivity contribution in [3.05, 3.63) is 87.2 Å². The minimum Gasteiger partial charge on any atom is -0.496 e. The Kier molecular flexibility index (Phi) is 9.03. The van der Waals surface area contributed by atoms with E-state index in [0.29, 0.717) is 34.7 Å². The molecule has 0 atom stereocenters. The molecule has 0 aliphatic heterocycles. The van der Waals surface area contributed by atoms with Gasteiger partial charge in [0.15, 0.2) is 11.5 Å². The predicted molar refractivity (Wildman–Crippen MR) is 127 cm³/mol. The van der Waals surface area contributed by atoms with Gasteiger partial charge >= 0.3 is 0 Å². The van der Waals surface area contributed by atoms with Crippen molar-refractivity contribution in [3.8, 4) is 17.2 Å². The van der Waals surface area contributed by atoms with Crippen LogP contribution in [-0.4, -0.2) is 20.3 Å². The highest BCUT2D eigenvalue weighted by molar-refractivity contribution is 6.32. The molecule has 0 spiro atoms. The molecule has 0 unspecified atom stereocenters. The monoisotopic (exact) mass is 477 g/mol. The molecule has 4 nitrogen and oxygen atoms in total. The van der Waals surface area contributed by atoms with Gasteiger partial charge in [-0.1, -0.05) is 47.5 Å². The SMILES string of the molecule is CCOc1cc(CNCCc2ccccc2OC)cc(Cl)c1OCc1c(F)cccc1Cl. The van der Waals surface area contributed by atoms with Crippen molar-refractivity contribution in [2.75, 3.05) is 20.3 Å². The van der Waals surface area contributed by atoms with E-state index in [2.05, 4.69) is 11.4 Å². The third-order valence-electron chi connectivity index (χ3n) is 4.88. The molecule has 0 aromatic heterocycles. The quantitative estimate of drug-likeness (QED) is 0.322. The van der Waals surface area contributed by atoms with E-state index < -0.39 is 5.82 Å². The second kappa shape index (κ2) is 12.0. The van der Waals surface area contributed by atoms with Gasteiger partial charge in [-0.3, -0.25) is 0 Å². The highest BCUT2D eigenvalue weighted by atomic mass is 35.5. The molecule has 1 N–H and O–H groups in total. The van der Waals surface area contributed by atoms with Crippen LogP contribution < -0.4 is 19.5 Å². The third kappa shape index (κ3) is 6.28. The summed E-state index contributed by atoms with van der Waals surface area (Å²) in [5.41, 5.74) is 2.37. The first kappa shape index (κ1) is 24.2. The standard InChI is InChI=1S/C25H26Cl2FNO3/c1-3-31-24-14-17(15-29-12-11-18-7-4-5-10-23(18)30-2)13-21(27)25(24)32-16-19-20(26)8-6-9-22(19)28/h4-10,13-14,29H,3,11-12,15-16H2,1-2H3. The summed E-state index contributed by atoms with van der Waals surface area (Å²) >= 11 is 12.6. The minimum absolute atomic E-state index is 0.0538. The molecule has 32 heavy (non-hydrogen) atoms. The van der Waals surface area contributed by atoms with Gasteiger partial charge in [0.05, 0.1) is 23.8 Å². The van der Waals surface area contributed by atoms with E-state index in [1.807, 2.05) is 37.3 Å². The first-order chi connectivity index (χ1) is 15.5. The molecule has 3 rings (SSSR count). The Morgan fingerprint density at radius 2 is 1.75 bits per heavy atom. The lowest BCUT2D eigenvalue weighted by molar-refractivity contribution is 0.266. The number of ether oxygens (including phenoxy) is 3. The van der Waals surface area contributed by atoms with Crippen molar-refractivity contribution in [1.29, 1.82) is 0 Å². The maximum absolute atomic E-state index is 14.1. The fraction of sp³-hybridized carbons (Fsp3) is 0.280. The predicted octanol–water partition coefficient (Wildman–Crippen LogP) is 6.45. The Balaban J connectivity index is 1.65. The van der Waals surface area contributed by atoms with Crippen LogP contribution in [0.25, 0.3) is 0 Å². The van der Waals surface area contributed by atoms with E-state index in [1.165, 1.54) is 6.07 Å². The van der Waals surface area contributed by atoms with Gasteiger partial charge in [-0.15, -0.1) is 0 Å². The Morgan fingerprint density at radius 1 is 0.938 bits per heavy atom. The Morgan fingerprint density at radius 3 is 2.50 bits per heavy atom. The van der Waals surface area contributed by atoms with Crippen molar-refractivity contribution in [1.82, 2.24) is 5.32 Å². The Labute approximate surface area is 198 Å². The number of hydrogen-bond acceptors (Lipinski definition) is 4. The summed E-state index contributed by atoms with van der Waals surface area (Å²) in [4.78, 5) is 0. The summed E-state index contributed by atoms with van der Waals surface area (Å²) in [6.45, 7) is 3.64. The lowest BCUT2D eigenvalue weighted by Gasteiger charge is -2.16. The smallest absolute Gasteiger partial charge is 0.180 e. The zero-order chi connectivity index (χ0) is 22.9. The van der Waals surface area contributed by atoms with Gasteiger partial charge in [0.2, 0.25) is 0 Å². The van der Waals surface area contributed by atoms with Crippen LogP contribution in [-0.2, 0) is 19.6 Å². The molecular formula is C25H26Cl2FNO3. The molecule has 0 radical (unpaired) electrons. The zero-order valence-electron chi connectivity index (χ0n) is 18.1. The first-order valence-electron chi connectivity index (χ1n) is 10.4. The molecule has 0 fully saturated rings. The average molecular weight is 478 g/mol. The number of halogens is 3. The molecule has 0 aliphatic rings. The maximum Gasteiger partial charge on any atom is 0.180 e. The largest absolute Gasteiger partial charge is 0.496 e. The minimum atomic E-state index is -0.428. The van der Waals surface area contributed by atoms with Crippen LogP contribution >= 0.6 is 23.2 Å².